The van der Waals surface area contributed by atoms with Crippen molar-refractivity contribution >= 4 is 17.5 Å². The minimum Gasteiger partial charge on any atom is -0.494 e. The molecule has 1 amide bonds. The molecule has 1 aliphatic heterocycles. The molecule has 1 N–H and O–H groups in total. The van der Waals surface area contributed by atoms with Crippen LogP contribution in [0.4, 0.5) is 0 Å². The SMILES string of the molecule is CCCCOc1cccc(C2c3c(-c4ccc(C)cc4)n[nH]c3C(=O)N2Cc2ccccc2Cl)c1. The zero-order chi connectivity index (χ0) is 24.4. The lowest BCUT2D eigenvalue weighted by molar-refractivity contribution is 0.0730. The fourth-order valence-electron chi connectivity index (χ4n) is 4.56. The Kier molecular flexibility index (Phi) is 6.60. The van der Waals surface area contributed by atoms with Gasteiger partial charge in [-0.3, -0.25) is 9.89 Å². The summed E-state index contributed by atoms with van der Waals surface area (Å²) in [4.78, 5) is 15.5. The molecule has 0 radical (unpaired) electrons. The number of aryl methyl sites for hydroxylation is 1. The standard InChI is InChI=1S/C29H28ClN3O2/c1-3-4-16-35-23-10-7-9-21(17-23)28-25-26(20-14-12-19(2)13-15-20)31-32-27(25)29(34)33(28)18-22-8-5-6-11-24(22)30/h5-15,17,28H,3-4,16,18H2,1-2H3,(H,31,32). The first-order valence-corrected chi connectivity index (χ1v) is 12.4. The molecule has 1 unspecified atom stereocenters. The normalized spacial score (nSPS) is 14.9. The lowest BCUT2D eigenvalue weighted by Crippen LogP contribution is -2.29. The van der Waals surface area contributed by atoms with Crippen molar-refractivity contribution in [3.8, 4) is 17.0 Å². The van der Waals surface area contributed by atoms with Crippen molar-refractivity contribution in [3.05, 3.63) is 106 Å². The van der Waals surface area contributed by atoms with Crippen LogP contribution in [-0.4, -0.2) is 27.6 Å². The lowest BCUT2D eigenvalue weighted by Gasteiger charge is -2.27. The molecule has 1 atom stereocenters. The van der Waals surface area contributed by atoms with Crippen LogP contribution in [0.3, 0.4) is 0 Å². The summed E-state index contributed by atoms with van der Waals surface area (Å²) >= 11 is 6.49. The number of fused-ring (bicyclic) bond motifs is 1. The number of amides is 1. The fourth-order valence-corrected chi connectivity index (χ4v) is 4.75. The number of unbranched alkanes of at least 4 members (excludes halogenated alkanes) is 1. The van der Waals surface area contributed by atoms with Gasteiger partial charge in [-0.05, 0) is 42.7 Å². The van der Waals surface area contributed by atoms with E-state index in [9.17, 15) is 4.79 Å². The molecule has 0 saturated heterocycles. The number of aromatic nitrogens is 2. The van der Waals surface area contributed by atoms with Crippen molar-refractivity contribution in [2.24, 2.45) is 0 Å². The molecule has 0 spiro atoms. The zero-order valence-electron chi connectivity index (χ0n) is 19.9. The minimum atomic E-state index is -0.321. The summed E-state index contributed by atoms with van der Waals surface area (Å²) in [6.07, 6.45) is 2.06. The molecule has 0 fully saturated rings. The molecule has 2 heterocycles. The van der Waals surface area contributed by atoms with E-state index < -0.39 is 0 Å². The number of benzene rings is 3. The van der Waals surface area contributed by atoms with Gasteiger partial charge in [-0.25, -0.2) is 0 Å². The van der Waals surface area contributed by atoms with Gasteiger partial charge in [-0.15, -0.1) is 0 Å². The summed E-state index contributed by atoms with van der Waals surface area (Å²) in [6, 6.07) is 23.6. The maximum absolute atomic E-state index is 13.7. The molecule has 1 aromatic heterocycles. The van der Waals surface area contributed by atoms with Gasteiger partial charge >= 0.3 is 0 Å². The van der Waals surface area contributed by atoms with E-state index in [1.807, 2.05) is 65.6 Å². The number of nitrogens with one attached hydrogen (secondary N) is 1. The molecule has 5 nitrogen and oxygen atoms in total. The number of halogens is 1. The summed E-state index contributed by atoms with van der Waals surface area (Å²) in [5, 5.41) is 8.25. The number of carbonyl (C=O) groups excluding carboxylic acids is 1. The third-order valence-electron chi connectivity index (χ3n) is 6.43. The maximum atomic E-state index is 13.7. The summed E-state index contributed by atoms with van der Waals surface area (Å²) < 4.78 is 6.00. The summed E-state index contributed by atoms with van der Waals surface area (Å²) in [5.74, 6) is 0.711. The van der Waals surface area contributed by atoms with Crippen molar-refractivity contribution in [1.82, 2.24) is 15.1 Å². The molecular weight excluding hydrogens is 458 g/mol. The minimum absolute atomic E-state index is 0.0897. The number of rotatable bonds is 8. The van der Waals surface area contributed by atoms with Crippen LogP contribution in [0.25, 0.3) is 11.3 Å². The number of carbonyl (C=O) groups is 1. The van der Waals surface area contributed by atoms with Crippen molar-refractivity contribution in [3.63, 3.8) is 0 Å². The predicted octanol–water partition coefficient (Wildman–Crippen LogP) is 6.96. The number of nitrogens with zero attached hydrogens (tertiary/aromatic N) is 2. The highest BCUT2D eigenvalue weighted by Crippen LogP contribution is 2.44. The van der Waals surface area contributed by atoms with Gasteiger partial charge in [-0.1, -0.05) is 85.1 Å². The largest absolute Gasteiger partial charge is 0.494 e. The van der Waals surface area contributed by atoms with Crippen LogP contribution in [0.1, 0.15) is 58.5 Å². The molecule has 0 saturated carbocycles. The maximum Gasteiger partial charge on any atom is 0.273 e. The van der Waals surface area contributed by atoms with E-state index in [4.69, 9.17) is 16.3 Å². The highest BCUT2D eigenvalue weighted by Gasteiger charge is 2.42. The van der Waals surface area contributed by atoms with Crippen LogP contribution >= 0.6 is 11.6 Å². The number of H-pyrrole nitrogens is 1. The Balaban J connectivity index is 1.60. The van der Waals surface area contributed by atoms with E-state index in [1.54, 1.807) is 0 Å². The zero-order valence-corrected chi connectivity index (χ0v) is 20.7. The fraction of sp³-hybridized carbons (Fsp3) is 0.241. The van der Waals surface area contributed by atoms with E-state index in [2.05, 4.69) is 36.2 Å². The van der Waals surface area contributed by atoms with E-state index >= 15 is 0 Å². The Morgan fingerprint density at radius 2 is 1.86 bits per heavy atom. The van der Waals surface area contributed by atoms with Gasteiger partial charge in [0.15, 0.2) is 0 Å². The van der Waals surface area contributed by atoms with Crippen molar-refractivity contribution in [2.75, 3.05) is 6.61 Å². The molecule has 35 heavy (non-hydrogen) atoms. The van der Waals surface area contributed by atoms with Gasteiger partial charge in [0, 0.05) is 22.7 Å². The average Bonchev–Trinajstić information content (AvgIpc) is 3.40. The van der Waals surface area contributed by atoms with Gasteiger partial charge in [0.2, 0.25) is 0 Å². The van der Waals surface area contributed by atoms with Crippen LogP contribution in [0.2, 0.25) is 5.02 Å². The average molecular weight is 486 g/mol. The number of ether oxygens (including phenoxy) is 1. The first-order valence-electron chi connectivity index (χ1n) is 12.0. The second kappa shape index (κ2) is 9.96. The number of aromatic amines is 1. The second-order valence-corrected chi connectivity index (χ2v) is 9.34. The second-order valence-electron chi connectivity index (χ2n) is 8.93. The highest BCUT2D eigenvalue weighted by atomic mass is 35.5. The Morgan fingerprint density at radius 1 is 1.06 bits per heavy atom. The van der Waals surface area contributed by atoms with Crippen molar-refractivity contribution in [2.45, 2.75) is 39.3 Å². The molecule has 6 heteroatoms. The quantitative estimate of drug-likeness (QED) is 0.274. The third-order valence-corrected chi connectivity index (χ3v) is 6.80. The number of hydrogen-bond donors (Lipinski definition) is 1. The molecule has 0 aliphatic carbocycles. The van der Waals surface area contributed by atoms with E-state index in [-0.39, 0.29) is 11.9 Å². The first-order chi connectivity index (χ1) is 17.1. The number of hydrogen-bond acceptors (Lipinski definition) is 3. The smallest absolute Gasteiger partial charge is 0.273 e. The monoisotopic (exact) mass is 485 g/mol. The Hall–Kier alpha value is -3.57. The molecule has 1 aliphatic rings. The molecule has 4 aromatic rings. The highest BCUT2D eigenvalue weighted by molar-refractivity contribution is 6.31. The lowest BCUT2D eigenvalue weighted by atomic mass is 9.95. The van der Waals surface area contributed by atoms with Gasteiger partial charge < -0.3 is 9.64 Å². The van der Waals surface area contributed by atoms with E-state index in [0.29, 0.717) is 23.9 Å². The van der Waals surface area contributed by atoms with Crippen LogP contribution in [-0.2, 0) is 6.54 Å². The van der Waals surface area contributed by atoms with Crippen LogP contribution < -0.4 is 4.74 Å². The third kappa shape index (κ3) is 4.56. The van der Waals surface area contributed by atoms with Crippen LogP contribution in [0.5, 0.6) is 5.75 Å². The summed E-state index contributed by atoms with van der Waals surface area (Å²) in [6.45, 7) is 5.25. The van der Waals surface area contributed by atoms with Gasteiger partial charge in [0.25, 0.3) is 5.91 Å². The van der Waals surface area contributed by atoms with Crippen LogP contribution in [0, 0.1) is 6.92 Å². The Morgan fingerprint density at radius 3 is 2.63 bits per heavy atom. The topological polar surface area (TPSA) is 58.2 Å². The summed E-state index contributed by atoms with van der Waals surface area (Å²) in [7, 11) is 0. The molecule has 3 aromatic carbocycles. The van der Waals surface area contributed by atoms with Gasteiger partial charge in [-0.2, -0.15) is 5.10 Å². The van der Waals surface area contributed by atoms with E-state index in [0.717, 1.165) is 46.5 Å². The van der Waals surface area contributed by atoms with Crippen LogP contribution in [0.15, 0.2) is 72.8 Å². The Bertz CT molecular complexity index is 1350. The molecule has 178 valence electrons. The predicted molar refractivity (Wildman–Crippen MR) is 139 cm³/mol. The van der Waals surface area contributed by atoms with Crippen molar-refractivity contribution in [1.29, 1.82) is 0 Å². The van der Waals surface area contributed by atoms with Gasteiger partial charge in [0.1, 0.15) is 11.4 Å². The molecule has 0 bridgehead atoms. The molecule has 5 rings (SSSR count). The molecular formula is C29H28ClN3O2. The summed E-state index contributed by atoms with van der Waals surface area (Å²) in [5.41, 5.74) is 6.22. The van der Waals surface area contributed by atoms with Gasteiger partial charge in [0.05, 0.1) is 18.3 Å². The van der Waals surface area contributed by atoms with E-state index in [1.165, 1.54) is 5.56 Å². The Labute approximate surface area is 210 Å². The first kappa shape index (κ1) is 23.2. The van der Waals surface area contributed by atoms with Crippen molar-refractivity contribution < 1.29 is 9.53 Å².